The minimum atomic E-state index is -0.443. The number of nitrogens with one attached hydrogen (secondary N) is 1. The van der Waals surface area contributed by atoms with E-state index in [0.29, 0.717) is 22.3 Å². The fourth-order valence-electron chi connectivity index (χ4n) is 1.80. The van der Waals surface area contributed by atoms with E-state index in [1.54, 1.807) is 25.3 Å². The van der Waals surface area contributed by atoms with Gasteiger partial charge in [0, 0.05) is 6.07 Å². The van der Waals surface area contributed by atoms with Crippen molar-refractivity contribution >= 4 is 35.0 Å². The number of halogens is 1. The molecule has 1 heterocycles. The van der Waals surface area contributed by atoms with E-state index < -0.39 is 5.91 Å². The summed E-state index contributed by atoms with van der Waals surface area (Å²) in [7, 11) is 3.06. The van der Waals surface area contributed by atoms with Gasteiger partial charge in [0.25, 0.3) is 5.91 Å². The molecule has 0 aliphatic rings. The lowest BCUT2D eigenvalue weighted by Gasteiger charge is -2.12. The zero-order valence-electron chi connectivity index (χ0n) is 12.9. The molecule has 0 radical (unpaired) electrons. The van der Waals surface area contributed by atoms with E-state index in [-0.39, 0.29) is 10.7 Å². The number of amides is 1. The van der Waals surface area contributed by atoms with Crippen LogP contribution in [0.2, 0.25) is 5.02 Å². The highest BCUT2D eigenvalue weighted by atomic mass is 35.5. The highest BCUT2D eigenvalue weighted by Crippen LogP contribution is 2.29. The third-order valence-electron chi connectivity index (χ3n) is 2.87. The van der Waals surface area contributed by atoms with Gasteiger partial charge in [0.15, 0.2) is 10.9 Å². The number of aromatic nitrogens is 2. The molecule has 8 heteroatoms. The quantitative estimate of drug-likeness (QED) is 0.632. The van der Waals surface area contributed by atoms with Crippen LogP contribution in [0.1, 0.15) is 17.4 Å². The number of thioether (sulfide) groups is 1. The Balaban J connectivity index is 2.30. The van der Waals surface area contributed by atoms with Crippen LogP contribution in [0.25, 0.3) is 0 Å². The van der Waals surface area contributed by atoms with Gasteiger partial charge in [-0.3, -0.25) is 4.79 Å². The van der Waals surface area contributed by atoms with E-state index in [2.05, 4.69) is 15.3 Å². The molecule has 0 bridgehead atoms. The number of ether oxygens (including phenoxy) is 2. The van der Waals surface area contributed by atoms with Crippen LogP contribution >= 0.6 is 23.4 Å². The summed E-state index contributed by atoms with van der Waals surface area (Å²) in [4.78, 5) is 20.7. The molecular formula is C15H16ClN3O3S. The Bertz CT molecular complexity index is 712. The van der Waals surface area contributed by atoms with Crippen molar-refractivity contribution in [3.05, 3.63) is 35.1 Å². The minimum absolute atomic E-state index is 0.113. The lowest BCUT2D eigenvalue weighted by atomic mass is 10.2. The monoisotopic (exact) mass is 353 g/mol. The van der Waals surface area contributed by atoms with Gasteiger partial charge in [-0.25, -0.2) is 9.97 Å². The maximum absolute atomic E-state index is 12.5. The Morgan fingerprint density at radius 3 is 2.78 bits per heavy atom. The van der Waals surface area contributed by atoms with Crippen molar-refractivity contribution in [3.8, 4) is 11.5 Å². The van der Waals surface area contributed by atoms with Crippen molar-refractivity contribution in [2.75, 3.05) is 25.3 Å². The molecule has 0 aliphatic carbocycles. The van der Waals surface area contributed by atoms with Crippen LogP contribution in [0.15, 0.2) is 29.6 Å². The van der Waals surface area contributed by atoms with Crippen molar-refractivity contribution in [1.29, 1.82) is 0 Å². The molecule has 0 saturated heterocycles. The lowest BCUT2D eigenvalue weighted by Crippen LogP contribution is -2.16. The zero-order valence-corrected chi connectivity index (χ0v) is 14.5. The fourth-order valence-corrected chi connectivity index (χ4v) is 2.52. The van der Waals surface area contributed by atoms with Crippen molar-refractivity contribution in [3.63, 3.8) is 0 Å². The molecule has 0 atom stereocenters. The summed E-state index contributed by atoms with van der Waals surface area (Å²) in [6.45, 7) is 1.98. The average molecular weight is 354 g/mol. The normalized spacial score (nSPS) is 10.3. The lowest BCUT2D eigenvalue weighted by molar-refractivity contribution is 0.102. The van der Waals surface area contributed by atoms with Crippen molar-refractivity contribution in [1.82, 2.24) is 9.97 Å². The summed E-state index contributed by atoms with van der Waals surface area (Å²) in [6, 6.07) is 5.10. The van der Waals surface area contributed by atoms with Gasteiger partial charge in [-0.2, -0.15) is 0 Å². The number of anilines is 1. The van der Waals surface area contributed by atoms with Gasteiger partial charge in [0.1, 0.15) is 11.5 Å². The third-order valence-corrected chi connectivity index (χ3v) is 3.89. The summed E-state index contributed by atoms with van der Waals surface area (Å²) >= 11 is 7.47. The molecule has 2 aromatic rings. The summed E-state index contributed by atoms with van der Waals surface area (Å²) in [5.41, 5.74) is 0.582. The largest absolute Gasteiger partial charge is 0.497 e. The molecule has 122 valence electrons. The van der Waals surface area contributed by atoms with Gasteiger partial charge in [-0.15, -0.1) is 0 Å². The predicted octanol–water partition coefficient (Wildman–Crippen LogP) is 3.51. The standard InChI is InChI=1S/C15H16ClN3O3S/c1-4-23-15-17-8-10(16)13(19-15)14(20)18-11-7-9(21-2)5-6-12(11)22-3/h5-8H,4H2,1-3H3,(H,18,20). The van der Waals surface area contributed by atoms with Crippen LogP contribution in [-0.2, 0) is 0 Å². The first-order valence-corrected chi connectivity index (χ1v) is 8.14. The van der Waals surface area contributed by atoms with Gasteiger partial charge in [0.05, 0.1) is 31.1 Å². The average Bonchev–Trinajstić information content (AvgIpc) is 2.56. The molecule has 23 heavy (non-hydrogen) atoms. The minimum Gasteiger partial charge on any atom is -0.497 e. The molecule has 6 nitrogen and oxygen atoms in total. The first-order chi connectivity index (χ1) is 11.1. The Morgan fingerprint density at radius 1 is 1.35 bits per heavy atom. The Morgan fingerprint density at radius 2 is 2.13 bits per heavy atom. The molecule has 0 spiro atoms. The molecule has 2 rings (SSSR count). The molecule has 0 saturated carbocycles. The van der Waals surface area contributed by atoms with E-state index in [1.807, 2.05) is 6.92 Å². The number of benzene rings is 1. The summed E-state index contributed by atoms with van der Waals surface area (Å²) in [5, 5.41) is 3.42. The van der Waals surface area contributed by atoms with Gasteiger partial charge in [0.2, 0.25) is 0 Å². The number of nitrogens with zero attached hydrogens (tertiary/aromatic N) is 2. The van der Waals surface area contributed by atoms with E-state index in [0.717, 1.165) is 5.75 Å². The van der Waals surface area contributed by atoms with Gasteiger partial charge >= 0.3 is 0 Å². The predicted molar refractivity (Wildman–Crippen MR) is 90.9 cm³/mol. The number of methoxy groups -OCH3 is 2. The molecule has 1 aromatic carbocycles. The molecule has 1 N–H and O–H groups in total. The number of rotatable bonds is 6. The van der Waals surface area contributed by atoms with E-state index in [9.17, 15) is 4.79 Å². The second-order valence-electron chi connectivity index (χ2n) is 4.30. The summed E-state index contributed by atoms with van der Waals surface area (Å²) in [6.07, 6.45) is 1.42. The van der Waals surface area contributed by atoms with Crippen molar-refractivity contribution in [2.45, 2.75) is 12.1 Å². The maximum Gasteiger partial charge on any atom is 0.276 e. The summed E-state index contributed by atoms with van der Waals surface area (Å²) < 4.78 is 10.4. The number of hydrogen-bond acceptors (Lipinski definition) is 6. The number of carbonyl (C=O) groups is 1. The topological polar surface area (TPSA) is 73.3 Å². The number of carbonyl (C=O) groups excluding carboxylic acids is 1. The van der Waals surface area contributed by atoms with Crippen LogP contribution in [0, 0.1) is 0 Å². The highest BCUT2D eigenvalue weighted by molar-refractivity contribution is 7.99. The SMILES string of the molecule is CCSc1ncc(Cl)c(C(=O)Nc2cc(OC)ccc2OC)n1. The molecular weight excluding hydrogens is 338 g/mol. The van der Waals surface area contributed by atoms with E-state index in [1.165, 1.54) is 25.1 Å². The molecule has 1 amide bonds. The smallest absolute Gasteiger partial charge is 0.276 e. The van der Waals surface area contributed by atoms with Gasteiger partial charge in [-0.1, -0.05) is 30.3 Å². The Kier molecular flexibility index (Phi) is 6.06. The molecule has 0 fully saturated rings. The first-order valence-electron chi connectivity index (χ1n) is 6.77. The fraction of sp³-hybridized carbons (Fsp3) is 0.267. The summed E-state index contributed by atoms with van der Waals surface area (Å²) in [5.74, 6) is 1.46. The second-order valence-corrected chi connectivity index (χ2v) is 5.94. The van der Waals surface area contributed by atoms with E-state index >= 15 is 0 Å². The van der Waals surface area contributed by atoms with Crippen molar-refractivity contribution < 1.29 is 14.3 Å². The van der Waals surface area contributed by atoms with Crippen molar-refractivity contribution in [2.24, 2.45) is 0 Å². The van der Waals surface area contributed by atoms with E-state index in [4.69, 9.17) is 21.1 Å². The van der Waals surface area contributed by atoms with Gasteiger partial charge < -0.3 is 14.8 Å². The van der Waals surface area contributed by atoms with Crippen LogP contribution < -0.4 is 14.8 Å². The zero-order chi connectivity index (χ0) is 16.8. The molecule has 1 aromatic heterocycles. The molecule has 0 aliphatic heterocycles. The Labute approximate surface area is 143 Å². The highest BCUT2D eigenvalue weighted by Gasteiger charge is 2.17. The van der Waals surface area contributed by atoms with Crippen LogP contribution in [0.3, 0.4) is 0 Å². The maximum atomic E-state index is 12.5. The Hall–Kier alpha value is -1.99. The van der Waals surface area contributed by atoms with Crippen LogP contribution in [0.5, 0.6) is 11.5 Å². The third kappa shape index (κ3) is 4.27. The van der Waals surface area contributed by atoms with Crippen LogP contribution in [-0.4, -0.2) is 35.8 Å². The molecule has 0 unspecified atom stereocenters. The van der Waals surface area contributed by atoms with Crippen LogP contribution in [0.4, 0.5) is 5.69 Å². The number of hydrogen-bond donors (Lipinski definition) is 1. The van der Waals surface area contributed by atoms with Gasteiger partial charge in [-0.05, 0) is 17.9 Å². The second kappa shape index (κ2) is 8.03. The first kappa shape index (κ1) is 17.4.